The number of aliphatic hydroxyl groups excluding tert-OH is 1. The normalized spacial score (nSPS) is 40.7. The average Bonchev–Trinajstić information content (AvgIpc) is 2.72. The first-order valence-electron chi connectivity index (χ1n) is 7.46. The Hall–Kier alpha value is -0.570. The highest BCUT2D eigenvalue weighted by Gasteiger charge is 2.40. The zero-order valence-electron chi connectivity index (χ0n) is 11.7. The molecule has 2 N–H and O–H groups in total. The predicted octanol–water partition coefficient (Wildman–Crippen LogP) is 2.48. The van der Waals surface area contributed by atoms with Gasteiger partial charge in [0.25, 0.3) is 0 Å². The number of hydrogen-bond donors (Lipinski definition) is 2. The molecule has 0 heterocycles. The Morgan fingerprint density at radius 1 is 1.33 bits per heavy atom. The van der Waals surface area contributed by atoms with E-state index in [1.807, 2.05) is 0 Å². The molecule has 0 bridgehead atoms. The van der Waals surface area contributed by atoms with Gasteiger partial charge in [0.15, 0.2) is 0 Å². The van der Waals surface area contributed by atoms with Crippen molar-refractivity contribution in [3.63, 3.8) is 0 Å². The zero-order valence-corrected chi connectivity index (χ0v) is 11.7. The molecule has 2 rings (SSSR count). The van der Waals surface area contributed by atoms with Crippen LogP contribution < -0.4 is 5.32 Å². The quantitative estimate of drug-likeness (QED) is 0.812. The van der Waals surface area contributed by atoms with Crippen molar-refractivity contribution in [3.8, 4) is 0 Å². The van der Waals surface area contributed by atoms with E-state index in [1.54, 1.807) is 0 Å². The Labute approximate surface area is 110 Å². The van der Waals surface area contributed by atoms with Crippen LogP contribution in [0.1, 0.15) is 58.8 Å². The predicted molar refractivity (Wildman–Crippen MR) is 72.1 cm³/mol. The van der Waals surface area contributed by atoms with Gasteiger partial charge in [0.2, 0.25) is 5.91 Å². The largest absolute Gasteiger partial charge is 0.396 e. The average molecular weight is 253 g/mol. The third-order valence-corrected chi connectivity index (χ3v) is 5.07. The Bertz CT molecular complexity index is 305. The molecule has 2 aliphatic carbocycles. The van der Waals surface area contributed by atoms with Gasteiger partial charge in [-0.2, -0.15) is 0 Å². The molecule has 0 aromatic carbocycles. The maximum atomic E-state index is 12.3. The molecule has 104 valence electrons. The Kier molecular flexibility index (Phi) is 4.31. The van der Waals surface area contributed by atoms with Crippen LogP contribution in [0.2, 0.25) is 0 Å². The van der Waals surface area contributed by atoms with E-state index < -0.39 is 0 Å². The van der Waals surface area contributed by atoms with Gasteiger partial charge in [-0.3, -0.25) is 4.79 Å². The third-order valence-electron chi connectivity index (χ3n) is 5.07. The Morgan fingerprint density at radius 3 is 2.78 bits per heavy atom. The summed E-state index contributed by atoms with van der Waals surface area (Å²) < 4.78 is 0. The molecule has 3 heteroatoms. The summed E-state index contributed by atoms with van der Waals surface area (Å²) >= 11 is 0. The number of carbonyl (C=O) groups excluding carboxylic acids is 1. The van der Waals surface area contributed by atoms with Crippen molar-refractivity contribution in [2.24, 2.45) is 17.3 Å². The van der Waals surface area contributed by atoms with E-state index in [-0.39, 0.29) is 29.9 Å². The summed E-state index contributed by atoms with van der Waals surface area (Å²) in [5.41, 5.74) is -0.101. The van der Waals surface area contributed by atoms with Gasteiger partial charge in [0.05, 0.1) is 6.61 Å². The van der Waals surface area contributed by atoms with Crippen LogP contribution in [-0.2, 0) is 4.79 Å². The lowest BCUT2D eigenvalue weighted by molar-refractivity contribution is -0.128. The summed E-state index contributed by atoms with van der Waals surface area (Å²) in [6, 6.07) is 0.173. The molecule has 4 unspecified atom stereocenters. The van der Waals surface area contributed by atoms with E-state index in [1.165, 1.54) is 12.8 Å². The molecule has 0 aromatic rings. The van der Waals surface area contributed by atoms with E-state index in [0.717, 1.165) is 32.1 Å². The summed E-state index contributed by atoms with van der Waals surface area (Å²) in [5, 5.41) is 12.7. The van der Waals surface area contributed by atoms with Crippen molar-refractivity contribution in [1.82, 2.24) is 5.32 Å². The molecule has 2 aliphatic rings. The first-order valence-corrected chi connectivity index (χ1v) is 7.46. The molecule has 4 atom stereocenters. The number of aliphatic hydroxyl groups is 1. The maximum absolute atomic E-state index is 12.3. The van der Waals surface area contributed by atoms with Crippen molar-refractivity contribution in [2.45, 2.75) is 64.8 Å². The molecule has 0 aromatic heterocycles. The molecule has 0 aliphatic heterocycles. The van der Waals surface area contributed by atoms with E-state index in [4.69, 9.17) is 0 Å². The van der Waals surface area contributed by atoms with E-state index in [2.05, 4.69) is 19.2 Å². The lowest BCUT2D eigenvalue weighted by atomic mass is 9.81. The highest BCUT2D eigenvalue weighted by molar-refractivity contribution is 5.79. The van der Waals surface area contributed by atoms with Gasteiger partial charge < -0.3 is 10.4 Å². The standard InChI is InChI=1S/C15H27NO2/c1-11-5-3-6-12(9-11)14(18)16-13-7-4-8-15(13,2)10-17/h11-13,17H,3-10H2,1-2H3,(H,16,18). The van der Waals surface area contributed by atoms with Gasteiger partial charge in [-0.25, -0.2) is 0 Å². The number of rotatable bonds is 3. The van der Waals surface area contributed by atoms with Gasteiger partial charge in [0.1, 0.15) is 0 Å². The Balaban J connectivity index is 1.90. The third kappa shape index (κ3) is 2.87. The summed E-state index contributed by atoms with van der Waals surface area (Å²) in [5.74, 6) is 1.12. The molecule has 2 fully saturated rings. The molecule has 0 radical (unpaired) electrons. The topological polar surface area (TPSA) is 49.3 Å². The molecule has 0 saturated heterocycles. The molecule has 2 saturated carbocycles. The van der Waals surface area contributed by atoms with E-state index in [0.29, 0.717) is 5.92 Å². The molecule has 0 spiro atoms. The van der Waals surface area contributed by atoms with Crippen LogP contribution in [0.15, 0.2) is 0 Å². The van der Waals surface area contributed by atoms with Crippen LogP contribution >= 0.6 is 0 Å². The fraction of sp³-hybridized carbons (Fsp3) is 0.933. The monoisotopic (exact) mass is 253 g/mol. The van der Waals surface area contributed by atoms with Crippen LogP contribution in [-0.4, -0.2) is 23.7 Å². The summed E-state index contributed by atoms with van der Waals surface area (Å²) in [6.45, 7) is 4.51. The zero-order chi connectivity index (χ0) is 13.2. The van der Waals surface area contributed by atoms with Crippen molar-refractivity contribution < 1.29 is 9.90 Å². The number of nitrogens with one attached hydrogen (secondary N) is 1. The van der Waals surface area contributed by atoms with Crippen molar-refractivity contribution in [1.29, 1.82) is 0 Å². The van der Waals surface area contributed by atoms with Crippen molar-refractivity contribution >= 4 is 5.91 Å². The molecule has 18 heavy (non-hydrogen) atoms. The van der Waals surface area contributed by atoms with Gasteiger partial charge in [-0.15, -0.1) is 0 Å². The first-order chi connectivity index (χ1) is 8.55. The van der Waals surface area contributed by atoms with E-state index >= 15 is 0 Å². The molecular weight excluding hydrogens is 226 g/mol. The van der Waals surface area contributed by atoms with Crippen LogP contribution in [0.3, 0.4) is 0 Å². The summed E-state index contributed by atoms with van der Waals surface area (Å²) in [4.78, 5) is 12.3. The van der Waals surface area contributed by atoms with Crippen LogP contribution in [0.4, 0.5) is 0 Å². The fourth-order valence-electron chi connectivity index (χ4n) is 3.63. The summed E-state index contributed by atoms with van der Waals surface area (Å²) in [6.07, 6.45) is 7.68. The lowest BCUT2D eigenvalue weighted by Gasteiger charge is -2.33. The van der Waals surface area contributed by atoms with Gasteiger partial charge in [0, 0.05) is 17.4 Å². The Morgan fingerprint density at radius 2 is 2.11 bits per heavy atom. The minimum Gasteiger partial charge on any atom is -0.396 e. The second-order valence-electron chi connectivity index (χ2n) is 6.73. The lowest BCUT2D eigenvalue weighted by Crippen LogP contribution is -2.47. The second kappa shape index (κ2) is 5.60. The van der Waals surface area contributed by atoms with Crippen LogP contribution in [0.5, 0.6) is 0 Å². The fourth-order valence-corrected chi connectivity index (χ4v) is 3.63. The smallest absolute Gasteiger partial charge is 0.223 e. The van der Waals surface area contributed by atoms with Crippen molar-refractivity contribution in [2.75, 3.05) is 6.61 Å². The van der Waals surface area contributed by atoms with Gasteiger partial charge >= 0.3 is 0 Å². The number of hydrogen-bond acceptors (Lipinski definition) is 2. The highest BCUT2D eigenvalue weighted by atomic mass is 16.3. The second-order valence-corrected chi connectivity index (χ2v) is 6.73. The van der Waals surface area contributed by atoms with Crippen molar-refractivity contribution in [3.05, 3.63) is 0 Å². The minimum absolute atomic E-state index is 0.101. The minimum atomic E-state index is -0.101. The molecular formula is C15H27NO2. The SMILES string of the molecule is CC1CCCC(C(=O)NC2CCCC2(C)CO)C1. The van der Waals surface area contributed by atoms with E-state index in [9.17, 15) is 9.90 Å². The van der Waals surface area contributed by atoms with Gasteiger partial charge in [-0.1, -0.05) is 33.1 Å². The van der Waals surface area contributed by atoms with Gasteiger partial charge in [-0.05, 0) is 31.6 Å². The number of carbonyl (C=O) groups is 1. The molecule has 1 amide bonds. The first kappa shape index (κ1) is 13.9. The molecule has 3 nitrogen and oxygen atoms in total. The van der Waals surface area contributed by atoms with Crippen LogP contribution in [0, 0.1) is 17.3 Å². The number of amides is 1. The van der Waals surface area contributed by atoms with Crippen LogP contribution in [0.25, 0.3) is 0 Å². The highest BCUT2D eigenvalue weighted by Crippen LogP contribution is 2.38. The summed E-state index contributed by atoms with van der Waals surface area (Å²) in [7, 11) is 0. The maximum Gasteiger partial charge on any atom is 0.223 e.